The first-order valence-corrected chi connectivity index (χ1v) is 8.81. The van der Waals surface area contributed by atoms with Crippen molar-refractivity contribution < 1.29 is 14.3 Å². The molecule has 0 unspecified atom stereocenters. The molecule has 0 radical (unpaired) electrons. The van der Waals surface area contributed by atoms with Gasteiger partial charge in [0.25, 0.3) is 5.24 Å². The van der Waals surface area contributed by atoms with Crippen LogP contribution in [0.1, 0.15) is 42.5 Å². The summed E-state index contributed by atoms with van der Waals surface area (Å²) in [4.78, 5) is 11.2. The third-order valence-electron chi connectivity index (χ3n) is 2.96. The molecular weight excluding hydrogens is 356 g/mol. The second-order valence-corrected chi connectivity index (χ2v) is 5.82. The second kappa shape index (κ2) is 12.0. The molecule has 0 spiro atoms. The number of carbonyl (C=O) groups excluding carboxylic acids is 1. The third-order valence-corrected chi connectivity index (χ3v) is 3.73. The van der Waals surface area contributed by atoms with Gasteiger partial charge in [0, 0.05) is 25.0 Å². The summed E-state index contributed by atoms with van der Waals surface area (Å²) in [5, 5.41) is 0.586. The van der Waals surface area contributed by atoms with Crippen LogP contribution in [0.3, 0.4) is 0 Å². The Kier molecular flexibility index (Phi) is 10.6. The van der Waals surface area contributed by atoms with Gasteiger partial charge in [-0.05, 0) is 36.6 Å². The van der Waals surface area contributed by atoms with Gasteiger partial charge in [0.05, 0.1) is 12.2 Å². The van der Waals surface area contributed by atoms with Crippen molar-refractivity contribution >= 4 is 32.8 Å². The Morgan fingerprint density at radius 3 is 2.48 bits per heavy atom. The van der Waals surface area contributed by atoms with E-state index in [1.165, 1.54) is 19.3 Å². The van der Waals surface area contributed by atoms with E-state index in [1.54, 1.807) is 18.2 Å². The Morgan fingerprint density at radius 1 is 1.00 bits per heavy atom. The van der Waals surface area contributed by atoms with Gasteiger partial charge in [-0.15, -0.1) is 0 Å². The number of ether oxygens (including phenoxy) is 2. The van der Waals surface area contributed by atoms with Gasteiger partial charge in [-0.3, -0.25) is 4.79 Å². The second-order valence-electron chi connectivity index (χ2n) is 4.69. The molecule has 0 amide bonds. The van der Waals surface area contributed by atoms with Crippen molar-refractivity contribution in [3.63, 3.8) is 0 Å². The van der Waals surface area contributed by atoms with Gasteiger partial charge in [0.15, 0.2) is 0 Å². The molecule has 0 heterocycles. The van der Waals surface area contributed by atoms with Gasteiger partial charge < -0.3 is 9.47 Å². The number of hydrogen-bond donors (Lipinski definition) is 0. The molecule has 0 aliphatic carbocycles. The summed E-state index contributed by atoms with van der Waals surface area (Å²) in [5.74, 6) is 0.535. The monoisotopic (exact) mass is 376 g/mol. The summed E-state index contributed by atoms with van der Waals surface area (Å²) in [7, 11) is 0. The van der Waals surface area contributed by atoms with Crippen molar-refractivity contribution in [3.8, 4) is 5.75 Å². The molecule has 0 saturated carbocycles. The van der Waals surface area contributed by atoms with Crippen LogP contribution in [0.5, 0.6) is 5.75 Å². The highest BCUT2D eigenvalue weighted by atomic mass is 79.9. The van der Waals surface area contributed by atoms with E-state index in [9.17, 15) is 4.79 Å². The summed E-state index contributed by atoms with van der Waals surface area (Å²) in [5.41, 5.74) is 0.409. The van der Waals surface area contributed by atoms with Crippen molar-refractivity contribution in [1.29, 1.82) is 0 Å². The van der Waals surface area contributed by atoms with E-state index in [-0.39, 0.29) is 0 Å². The molecule has 0 bridgehead atoms. The molecule has 0 saturated heterocycles. The standard InChI is InChI=1S/C16H22BrClO3/c17-10-5-1-2-6-11-20-12-7-13-21-15-9-4-3-8-14(15)16(18)19/h3-4,8-9H,1-2,5-7,10-13H2. The van der Waals surface area contributed by atoms with Crippen LogP contribution in [0.15, 0.2) is 24.3 Å². The molecule has 0 atom stereocenters. The lowest BCUT2D eigenvalue weighted by atomic mass is 10.2. The summed E-state index contributed by atoms with van der Waals surface area (Å²) in [6.45, 7) is 2.00. The summed E-state index contributed by atoms with van der Waals surface area (Å²) >= 11 is 8.91. The van der Waals surface area contributed by atoms with Crippen LogP contribution >= 0.6 is 27.5 Å². The lowest BCUT2D eigenvalue weighted by molar-refractivity contribution is 0.107. The molecule has 1 aromatic rings. The van der Waals surface area contributed by atoms with Crippen molar-refractivity contribution in [2.24, 2.45) is 0 Å². The molecular formula is C16H22BrClO3. The zero-order valence-electron chi connectivity index (χ0n) is 12.2. The zero-order valence-corrected chi connectivity index (χ0v) is 14.5. The number of halogens is 2. The van der Waals surface area contributed by atoms with Gasteiger partial charge in [-0.25, -0.2) is 0 Å². The lowest BCUT2D eigenvalue weighted by Crippen LogP contribution is -2.06. The number of hydrogen-bond acceptors (Lipinski definition) is 3. The van der Waals surface area contributed by atoms with Crippen LogP contribution in [0.4, 0.5) is 0 Å². The quantitative estimate of drug-likeness (QED) is 0.298. The minimum absolute atomic E-state index is 0.409. The fourth-order valence-electron chi connectivity index (χ4n) is 1.85. The summed E-state index contributed by atoms with van der Waals surface area (Å²) in [6.07, 6.45) is 5.60. The molecule has 0 N–H and O–H groups in total. The van der Waals surface area contributed by atoms with Gasteiger partial charge >= 0.3 is 0 Å². The SMILES string of the molecule is O=C(Cl)c1ccccc1OCCCOCCCCCCBr. The van der Waals surface area contributed by atoms with E-state index >= 15 is 0 Å². The fourth-order valence-corrected chi connectivity index (χ4v) is 2.40. The van der Waals surface area contributed by atoms with Crippen LogP contribution in [-0.4, -0.2) is 30.4 Å². The molecule has 0 aliphatic rings. The van der Waals surface area contributed by atoms with E-state index in [0.29, 0.717) is 24.5 Å². The maximum atomic E-state index is 11.2. The molecule has 0 aromatic heterocycles. The van der Waals surface area contributed by atoms with E-state index < -0.39 is 5.24 Å². The van der Waals surface area contributed by atoms with Crippen LogP contribution in [0.25, 0.3) is 0 Å². The molecule has 1 rings (SSSR count). The maximum absolute atomic E-state index is 11.2. The number of rotatable bonds is 12. The van der Waals surface area contributed by atoms with E-state index in [4.69, 9.17) is 21.1 Å². The Balaban J connectivity index is 2.06. The number of para-hydroxylation sites is 1. The average Bonchev–Trinajstić information content (AvgIpc) is 2.49. The first-order valence-electron chi connectivity index (χ1n) is 7.31. The highest BCUT2D eigenvalue weighted by molar-refractivity contribution is 9.09. The Labute approximate surface area is 140 Å². The fraction of sp³-hybridized carbons (Fsp3) is 0.562. The average molecular weight is 378 g/mol. The molecule has 3 nitrogen and oxygen atoms in total. The third kappa shape index (κ3) is 8.44. The maximum Gasteiger partial charge on any atom is 0.256 e. The van der Waals surface area contributed by atoms with Crippen LogP contribution in [0.2, 0.25) is 0 Å². The highest BCUT2D eigenvalue weighted by Crippen LogP contribution is 2.19. The van der Waals surface area contributed by atoms with E-state index in [1.807, 2.05) is 6.07 Å². The minimum atomic E-state index is -0.495. The molecule has 0 aliphatic heterocycles. The van der Waals surface area contributed by atoms with E-state index in [0.717, 1.165) is 24.8 Å². The van der Waals surface area contributed by atoms with Crippen LogP contribution in [-0.2, 0) is 4.74 Å². The first kappa shape index (κ1) is 18.5. The predicted octanol–water partition coefficient (Wildman–Crippen LogP) is 4.81. The summed E-state index contributed by atoms with van der Waals surface area (Å²) in [6, 6.07) is 7.00. The lowest BCUT2D eigenvalue weighted by Gasteiger charge is -2.09. The Bertz CT molecular complexity index is 412. The Morgan fingerprint density at radius 2 is 1.71 bits per heavy atom. The van der Waals surface area contributed by atoms with E-state index in [2.05, 4.69) is 15.9 Å². The van der Waals surface area contributed by atoms with Gasteiger partial charge in [0.1, 0.15) is 5.75 Å². The molecule has 118 valence electrons. The topological polar surface area (TPSA) is 35.5 Å². The van der Waals surface area contributed by atoms with Crippen LogP contribution in [0, 0.1) is 0 Å². The number of benzene rings is 1. The normalized spacial score (nSPS) is 10.6. The van der Waals surface area contributed by atoms with Gasteiger partial charge in [-0.1, -0.05) is 40.9 Å². The van der Waals surface area contributed by atoms with Crippen molar-refractivity contribution in [2.45, 2.75) is 32.1 Å². The minimum Gasteiger partial charge on any atom is -0.493 e. The highest BCUT2D eigenvalue weighted by Gasteiger charge is 2.08. The molecule has 1 aromatic carbocycles. The predicted molar refractivity (Wildman–Crippen MR) is 89.8 cm³/mol. The number of unbranched alkanes of at least 4 members (excludes halogenated alkanes) is 3. The number of alkyl halides is 1. The van der Waals surface area contributed by atoms with Gasteiger partial charge in [-0.2, -0.15) is 0 Å². The van der Waals surface area contributed by atoms with Crippen molar-refractivity contribution in [1.82, 2.24) is 0 Å². The largest absolute Gasteiger partial charge is 0.493 e. The molecule has 21 heavy (non-hydrogen) atoms. The van der Waals surface area contributed by atoms with Crippen LogP contribution < -0.4 is 4.74 Å². The molecule has 5 heteroatoms. The van der Waals surface area contributed by atoms with Gasteiger partial charge in [0.2, 0.25) is 0 Å². The van der Waals surface area contributed by atoms with Crippen molar-refractivity contribution in [3.05, 3.63) is 29.8 Å². The number of carbonyl (C=O) groups is 1. The summed E-state index contributed by atoms with van der Waals surface area (Å²) < 4.78 is 11.1. The zero-order chi connectivity index (χ0) is 15.3. The Hall–Kier alpha value is -0.580. The molecule has 0 fully saturated rings. The smallest absolute Gasteiger partial charge is 0.256 e. The van der Waals surface area contributed by atoms with Crippen molar-refractivity contribution in [2.75, 3.05) is 25.2 Å². The first-order chi connectivity index (χ1) is 10.3.